The van der Waals surface area contributed by atoms with Crippen molar-refractivity contribution in [1.82, 2.24) is 4.90 Å². The fourth-order valence-corrected chi connectivity index (χ4v) is 2.34. The molecule has 0 aromatic heterocycles. The highest BCUT2D eigenvalue weighted by atomic mass is 35.5. The fraction of sp³-hybridized carbons (Fsp3) is 0.385. The summed E-state index contributed by atoms with van der Waals surface area (Å²) in [6.07, 6.45) is -5.58. The van der Waals surface area contributed by atoms with Gasteiger partial charge >= 0.3 is 6.18 Å². The molecule has 20 heavy (non-hydrogen) atoms. The summed E-state index contributed by atoms with van der Waals surface area (Å²) in [5.41, 5.74) is 0.555. The molecule has 108 valence electrons. The molecule has 2 amide bonds. The quantitative estimate of drug-likeness (QED) is 0.632. The van der Waals surface area contributed by atoms with E-state index in [4.69, 9.17) is 11.6 Å². The van der Waals surface area contributed by atoms with Gasteiger partial charge in [0.1, 0.15) is 0 Å². The number of halogens is 4. The van der Waals surface area contributed by atoms with E-state index in [-0.39, 0.29) is 24.1 Å². The topological polar surface area (TPSA) is 37.4 Å². The normalized spacial score (nSPS) is 16.5. The predicted octanol–water partition coefficient (Wildman–Crippen LogP) is 3.23. The number of hydrogen-bond acceptors (Lipinski definition) is 2. The minimum absolute atomic E-state index is 0.0907. The van der Waals surface area contributed by atoms with E-state index in [1.165, 1.54) is 12.1 Å². The summed E-state index contributed by atoms with van der Waals surface area (Å²) in [6.45, 7) is -0.114. The van der Waals surface area contributed by atoms with Crippen LogP contribution in [0.4, 0.5) is 13.2 Å². The second-order valence-electron chi connectivity index (χ2n) is 4.51. The number of benzene rings is 1. The summed E-state index contributed by atoms with van der Waals surface area (Å²) in [7, 11) is 0. The second kappa shape index (κ2) is 5.44. The van der Waals surface area contributed by atoms with Gasteiger partial charge in [-0.2, -0.15) is 13.2 Å². The zero-order chi connectivity index (χ0) is 14.9. The first-order valence-corrected chi connectivity index (χ1v) is 6.39. The number of hydrogen-bond donors (Lipinski definition) is 0. The number of fused-ring (bicyclic) bond motifs is 1. The Morgan fingerprint density at radius 1 is 1.10 bits per heavy atom. The van der Waals surface area contributed by atoms with Gasteiger partial charge in [-0.05, 0) is 18.6 Å². The average molecular weight is 306 g/mol. The minimum atomic E-state index is -4.35. The number of nitrogens with zero attached hydrogens (tertiary/aromatic N) is 1. The van der Waals surface area contributed by atoms with E-state index in [1.54, 1.807) is 12.1 Å². The molecule has 7 heteroatoms. The summed E-state index contributed by atoms with van der Waals surface area (Å²) < 4.78 is 36.4. The van der Waals surface area contributed by atoms with Gasteiger partial charge in [-0.1, -0.05) is 12.1 Å². The molecular formula is C13H11ClF3NO2. The van der Waals surface area contributed by atoms with Crippen LogP contribution in [0.1, 0.15) is 33.6 Å². The molecule has 1 atom stereocenters. The number of carbonyl (C=O) groups excluding carboxylic acids is 2. The molecular weight excluding hydrogens is 295 g/mol. The van der Waals surface area contributed by atoms with Gasteiger partial charge in [0, 0.05) is 11.9 Å². The molecule has 1 heterocycles. The predicted molar refractivity (Wildman–Crippen MR) is 66.7 cm³/mol. The van der Waals surface area contributed by atoms with Crippen LogP contribution < -0.4 is 0 Å². The summed E-state index contributed by atoms with van der Waals surface area (Å²) in [5.74, 6) is -0.969. The summed E-state index contributed by atoms with van der Waals surface area (Å²) in [4.78, 5) is 24.8. The highest BCUT2D eigenvalue weighted by Gasteiger charge is 2.36. The molecule has 0 saturated carbocycles. The number of carbonyl (C=O) groups is 2. The van der Waals surface area contributed by atoms with Gasteiger partial charge in [0.15, 0.2) is 0 Å². The molecule has 1 aromatic carbocycles. The van der Waals surface area contributed by atoms with E-state index in [0.717, 1.165) is 4.90 Å². The lowest BCUT2D eigenvalue weighted by molar-refractivity contribution is -0.134. The van der Waals surface area contributed by atoms with E-state index in [0.29, 0.717) is 0 Å². The first-order valence-electron chi connectivity index (χ1n) is 5.95. The van der Waals surface area contributed by atoms with Gasteiger partial charge in [-0.3, -0.25) is 14.5 Å². The van der Waals surface area contributed by atoms with Crippen LogP contribution >= 0.6 is 11.6 Å². The van der Waals surface area contributed by atoms with Crippen molar-refractivity contribution >= 4 is 23.4 Å². The maximum absolute atomic E-state index is 12.1. The van der Waals surface area contributed by atoms with Gasteiger partial charge in [-0.15, -0.1) is 11.6 Å². The van der Waals surface area contributed by atoms with Crippen LogP contribution in [0.15, 0.2) is 24.3 Å². The molecule has 1 aliphatic rings. The Morgan fingerprint density at radius 3 is 2.05 bits per heavy atom. The number of rotatable bonds is 4. The Labute approximate surface area is 118 Å². The van der Waals surface area contributed by atoms with Crippen LogP contribution in [0.2, 0.25) is 0 Å². The SMILES string of the molecule is O=C1c2ccccc2C(=O)N1CCC(Cl)CC(F)(F)F. The van der Waals surface area contributed by atoms with Crippen molar-refractivity contribution in [2.45, 2.75) is 24.4 Å². The number of imide groups is 1. The molecule has 2 rings (SSSR count). The standard InChI is InChI=1S/C13H11ClF3NO2/c14-8(7-13(15,16)17)5-6-18-11(19)9-3-1-2-4-10(9)12(18)20/h1-4,8H,5-7H2. The van der Waals surface area contributed by atoms with Crippen LogP contribution in [0.5, 0.6) is 0 Å². The molecule has 0 spiro atoms. The first-order chi connectivity index (χ1) is 9.29. The van der Waals surface area contributed by atoms with E-state index >= 15 is 0 Å². The van der Waals surface area contributed by atoms with Gasteiger partial charge in [-0.25, -0.2) is 0 Å². The molecule has 1 unspecified atom stereocenters. The summed E-state index contributed by atoms with van der Waals surface area (Å²) in [5, 5.41) is -1.15. The Hall–Kier alpha value is -1.56. The Morgan fingerprint density at radius 2 is 1.60 bits per heavy atom. The smallest absolute Gasteiger partial charge is 0.274 e. The Kier molecular flexibility index (Phi) is 4.04. The van der Waals surface area contributed by atoms with Crippen LogP contribution in [-0.2, 0) is 0 Å². The van der Waals surface area contributed by atoms with Crippen molar-refractivity contribution in [3.63, 3.8) is 0 Å². The van der Waals surface area contributed by atoms with Crippen LogP contribution in [0, 0.1) is 0 Å². The molecule has 0 fully saturated rings. The van der Waals surface area contributed by atoms with Crippen molar-refractivity contribution in [3.05, 3.63) is 35.4 Å². The highest BCUT2D eigenvalue weighted by Crippen LogP contribution is 2.27. The molecule has 0 saturated heterocycles. The maximum atomic E-state index is 12.1. The largest absolute Gasteiger partial charge is 0.390 e. The molecule has 0 aliphatic carbocycles. The zero-order valence-electron chi connectivity index (χ0n) is 10.3. The van der Waals surface area contributed by atoms with Crippen molar-refractivity contribution < 1.29 is 22.8 Å². The molecule has 1 aromatic rings. The average Bonchev–Trinajstić information content (AvgIpc) is 2.59. The van der Waals surface area contributed by atoms with Crippen molar-refractivity contribution in [2.24, 2.45) is 0 Å². The van der Waals surface area contributed by atoms with Gasteiger partial charge in [0.2, 0.25) is 0 Å². The molecule has 0 N–H and O–H groups in total. The van der Waals surface area contributed by atoms with E-state index in [9.17, 15) is 22.8 Å². The number of amides is 2. The van der Waals surface area contributed by atoms with Gasteiger partial charge in [0.25, 0.3) is 11.8 Å². The zero-order valence-corrected chi connectivity index (χ0v) is 11.0. The lowest BCUT2D eigenvalue weighted by atomic mass is 10.1. The Balaban J connectivity index is 1.99. The third-order valence-corrected chi connectivity index (χ3v) is 3.37. The van der Waals surface area contributed by atoms with Crippen LogP contribution in [0.25, 0.3) is 0 Å². The fourth-order valence-electron chi connectivity index (χ4n) is 2.06. The molecule has 0 bridgehead atoms. The molecule has 1 aliphatic heterocycles. The first kappa shape index (κ1) is 14.8. The summed E-state index contributed by atoms with van der Waals surface area (Å²) in [6, 6.07) is 6.29. The number of alkyl halides is 4. The third kappa shape index (κ3) is 3.12. The molecule has 3 nitrogen and oxygen atoms in total. The van der Waals surface area contributed by atoms with Crippen molar-refractivity contribution in [2.75, 3.05) is 6.54 Å². The van der Waals surface area contributed by atoms with Gasteiger partial charge < -0.3 is 0 Å². The highest BCUT2D eigenvalue weighted by molar-refractivity contribution is 6.22. The monoisotopic (exact) mass is 305 g/mol. The maximum Gasteiger partial charge on any atom is 0.390 e. The lowest BCUT2D eigenvalue weighted by Crippen LogP contribution is -2.32. The Bertz CT molecular complexity index is 510. The second-order valence-corrected chi connectivity index (χ2v) is 5.13. The van der Waals surface area contributed by atoms with Gasteiger partial charge in [0.05, 0.1) is 17.5 Å². The minimum Gasteiger partial charge on any atom is -0.274 e. The lowest BCUT2D eigenvalue weighted by Gasteiger charge is -2.17. The van der Waals surface area contributed by atoms with Crippen molar-refractivity contribution in [3.8, 4) is 0 Å². The van der Waals surface area contributed by atoms with E-state index < -0.39 is 29.8 Å². The third-order valence-electron chi connectivity index (χ3n) is 3.00. The molecule has 0 radical (unpaired) electrons. The van der Waals surface area contributed by atoms with Crippen molar-refractivity contribution in [1.29, 1.82) is 0 Å². The van der Waals surface area contributed by atoms with Crippen LogP contribution in [-0.4, -0.2) is 34.8 Å². The van der Waals surface area contributed by atoms with E-state index in [2.05, 4.69) is 0 Å². The van der Waals surface area contributed by atoms with E-state index in [1.807, 2.05) is 0 Å². The summed E-state index contributed by atoms with van der Waals surface area (Å²) >= 11 is 5.58. The van der Waals surface area contributed by atoms with Crippen LogP contribution in [0.3, 0.4) is 0 Å².